The summed E-state index contributed by atoms with van der Waals surface area (Å²) >= 11 is 12.2. The molecule has 4 fully saturated rings. The van der Waals surface area contributed by atoms with Crippen LogP contribution < -0.4 is 5.32 Å². The number of rotatable bonds is 2. The van der Waals surface area contributed by atoms with E-state index in [0.29, 0.717) is 26.4 Å². The maximum absolute atomic E-state index is 12.8. The van der Waals surface area contributed by atoms with Crippen LogP contribution in [-0.2, 0) is 0 Å². The van der Waals surface area contributed by atoms with Gasteiger partial charge in [0.1, 0.15) is 0 Å². The van der Waals surface area contributed by atoms with E-state index in [1.165, 1.54) is 19.3 Å². The summed E-state index contributed by atoms with van der Waals surface area (Å²) in [7, 11) is 0. The zero-order valence-corrected chi connectivity index (χ0v) is 15.2. The highest BCUT2D eigenvalue weighted by Gasteiger charge is 2.60. The predicted octanol–water partition coefficient (Wildman–Crippen LogP) is 5.47. The molecule has 0 aliphatic heterocycles. The molecule has 1 aromatic rings. The maximum Gasteiger partial charge on any atom is 0.253 e. The molecule has 0 radical (unpaired) electrons. The van der Waals surface area contributed by atoms with Gasteiger partial charge in [-0.05, 0) is 73.5 Å². The van der Waals surface area contributed by atoms with Gasteiger partial charge >= 0.3 is 0 Å². The van der Waals surface area contributed by atoms with E-state index in [1.54, 1.807) is 18.2 Å². The van der Waals surface area contributed by atoms with Gasteiger partial charge in [0.15, 0.2) is 0 Å². The van der Waals surface area contributed by atoms with Crippen molar-refractivity contribution in [3.63, 3.8) is 0 Å². The Balaban J connectivity index is 1.62. The molecule has 23 heavy (non-hydrogen) atoms. The van der Waals surface area contributed by atoms with E-state index in [-0.39, 0.29) is 11.4 Å². The van der Waals surface area contributed by atoms with Crippen molar-refractivity contribution in [3.8, 4) is 0 Å². The third-order valence-electron chi connectivity index (χ3n) is 6.18. The number of carbonyl (C=O) groups is 1. The first-order valence-corrected chi connectivity index (χ1v) is 9.23. The average molecular weight is 352 g/mol. The van der Waals surface area contributed by atoms with Crippen LogP contribution in [0.3, 0.4) is 0 Å². The van der Waals surface area contributed by atoms with E-state index in [1.807, 2.05) is 0 Å². The van der Waals surface area contributed by atoms with E-state index < -0.39 is 0 Å². The highest BCUT2D eigenvalue weighted by molar-refractivity contribution is 6.36. The highest BCUT2D eigenvalue weighted by atomic mass is 35.5. The highest BCUT2D eigenvalue weighted by Crippen LogP contribution is 2.66. The van der Waals surface area contributed by atoms with Crippen LogP contribution in [0.2, 0.25) is 10.0 Å². The van der Waals surface area contributed by atoms with Crippen LogP contribution >= 0.6 is 23.2 Å². The van der Waals surface area contributed by atoms with Crippen molar-refractivity contribution in [1.82, 2.24) is 5.32 Å². The van der Waals surface area contributed by atoms with Crippen molar-refractivity contribution < 1.29 is 4.79 Å². The van der Waals surface area contributed by atoms with Gasteiger partial charge in [-0.1, -0.05) is 37.0 Å². The third-order valence-corrected chi connectivity index (χ3v) is 6.73. The van der Waals surface area contributed by atoms with Crippen LogP contribution in [0.25, 0.3) is 0 Å². The molecule has 1 N–H and O–H groups in total. The Kier molecular flexibility index (Phi) is 3.36. The summed E-state index contributed by atoms with van der Waals surface area (Å²) in [5, 5.41) is 4.37. The van der Waals surface area contributed by atoms with Crippen molar-refractivity contribution >= 4 is 29.1 Å². The molecular weight excluding hydrogens is 329 g/mol. The molecule has 2 unspecified atom stereocenters. The Morgan fingerprint density at radius 1 is 1.09 bits per heavy atom. The zero-order chi connectivity index (χ0) is 16.5. The number of amides is 1. The molecule has 0 saturated heterocycles. The minimum Gasteiger partial charge on any atom is -0.347 e. The number of halogens is 2. The van der Waals surface area contributed by atoms with Gasteiger partial charge in [-0.25, -0.2) is 0 Å². The summed E-state index contributed by atoms with van der Waals surface area (Å²) in [6.07, 6.45) is 7.26. The minimum atomic E-state index is -0.0548. The first-order chi connectivity index (χ1) is 10.7. The molecule has 124 valence electrons. The molecular formula is C19H23Cl2NO. The normalized spacial score (nSPS) is 41.1. The van der Waals surface area contributed by atoms with Crippen molar-refractivity contribution in [2.24, 2.45) is 16.7 Å². The molecule has 4 aliphatic carbocycles. The molecule has 4 aliphatic rings. The van der Waals surface area contributed by atoms with Crippen LogP contribution in [0.4, 0.5) is 0 Å². The van der Waals surface area contributed by atoms with Crippen LogP contribution in [0.1, 0.15) is 62.7 Å². The standard InChI is InChI=1S/C19H23Cl2NO/c1-17-6-12-7-18(2,9-17)11-19(8-12,10-17)22-16(23)14-4-3-13(20)5-15(14)21/h3-5,12H,6-11H2,1-2H3,(H,22,23). The molecule has 4 saturated carbocycles. The van der Waals surface area contributed by atoms with Crippen LogP contribution in [0, 0.1) is 16.7 Å². The van der Waals surface area contributed by atoms with Crippen molar-refractivity contribution in [2.75, 3.05) is 0 Å². The number of hydrogen-bond donors (Lipinski definition) is 1. The minimum absolute atomic E-state index is 0.0526. The third kappa shape index (κ3) is 2.68. The Bertz CT molecular complexity index is 668. The monoisotopic (exact) mass is 351 g/mol. The van der Waals surface area contributed by atoms with E-state index in [9.17, 15) is 4.79 Å². The van der Waals surface area contributed by atoms with Gasteiger partial charge in [0.05, 0.1) is 10.6 Å². The fourth-order valence-corrected chi connectivity index (χ4v) is 7.06. The summed E-state index contributed by atoms with van der Waals surface area (Å²) in [6.45, 7) is 4.82. The van der Waals surface area contributed by atoms with E-state index in [2.05, 4.69) is 19.2 Å². The van der Waals surface area contributed by atoms with Gasteiger partial charge in [-0.2, -0.15) is 0 Å². The molecule has 2 atom stereocenters. The molecule has 4 heteroatoms. The van der Waals surface area contributed by atoms with Gasteiger partial charge < -0.3 is 5.32 Å². The molecule has 0 spiro atoms. The van der Waals surface area contributed by atoms with Crippen LogP contribution in [-0.4, -0.2) is 11.4 Å². The van der Waals surface area contributed by atoms with E-state index in [0.717, 1.165) is 25.2 Å². The Morgan fingerprint density at radius 3 is 2.30 bits per heavy atom. The zero-order valence-electron chi connectivity index (χ0n) is 13.7. The maximum atomic E-state index is 12.8. The second-order valence-corrected chi connectivity index (χ2v) is 9.83. The van der Waals surface area contributed by atoms with E-state index >= 15 is 0 Å². The van der Waals surface area contributed by atoms with Crippen LogP contribution in [0.15, 0.2) is 18.2 Å². The molecule has 1 aromatic carbocycles. The van der Waals surface area contributed by atoms with Gasteiger partial charge in [-0.15, -0.1) is 0 Å². The van der Waals surface area contributed by atoms with Crippen LogP contribution in [0.5, 0.6) is 0 Å². The molecule has 0 aromatic heterocycles. The Labute approximate surface area is 147 Å². The first kappa shape index (κ1) is 15.8. The van der Waals surface area contributed by atoms with Gasteiger partial charge in [0, 0.05) is 10.6 Å². The fourth-order valence-electron chi connectivity index (χ4n) is 6.57. The molecule has 4 bridgehead atoms. The molecule has 2 nitrogen and oxygen atoms in total. The Hall–Kier alpha value is -0.730. The number of hydrogen-bond acceptors (Lipinski definition) is 1. The lowest BCUT2D eigenvalue weighted by atomic mass is 9.43. The average Bonchev–Trinajstić information content (AvgIpc) is 2.32. The summed E-state index contributed by atoms with van der Waals surface area (Å²) in [6, 6.07) is 5.09. The van der Waals surface area contributed by atoms with Crippen molar-refractivity contribution in [2.45, 2.75) is 57.9 Å². The lowest BCUT2D eigenvalue weighted by Gasteiger charge is -2.65. The van der Waals surface area contributed by atoms with Gasteiger partial charge in [0.2, 0.25) is 0 Å². The van der Waals surface area contributed by atoms with E-state index in [4.69, 9.17) is 23.2 Å². The quantitative estimate of drug-likeness (QED) is 0.751. The lowest BCUT2D eigenvalue weighted by Crippen LogP contribution is -2.65. The SMILES string of the molecule is CC12CC3CC(C)(C1)CC(NC(=O)c1ccc(Cl)cc1Cl)(C3)C2. The topological polar surface area (TPSA) is 29.1 Å². The van der Waals surface area contributed by atoms with Gasteiger partial charge in [-0.3, -0.25) is 4.79 Å². The number of nitrogens with one attached hydrogen (secondary N) is 1. The smallest absolute Gasteiger partial charge is 0.253 e. The van der Waals surface area contributed by atoms with Gasteiger partial charge in [0.25, 0.3) is 5.91 Å². The first-order valence-electron chi connectivity index (χ1n) is 8.48. The number of benzene rings is 1. The molecule has 1 amide bonds. The molecule has 5 rings (SSSR count). The number of carbonyl (C=O) groups excluding carboxylic acids is 1. The Morgan fingerprint density at radius 2 is 1.74 bits per heavy atom. The predicted molar refractivity (Wildman–Crippen MR) is 94.1 cm³/mol. The summed E-state index contributed by atoms with van der Waals surface area (Å²) in [5.41, 5.74) is 1.24. The second-order valence-electron chi connectivity index (χ2n) is 8.99. The summed E-state index contributed by atoms with van der Waals surface area (Å²) in [4.78, 5) is 12.8. The summed E-state index contributed by atoms with van der Waals surface area (Å²) in [5.74, 6) is 0.697. The second kappa shape index (κ2) is 4.89. The fraction of sp³-hybridized carbons (Fsp3) is 0.632. The van der Waals surface area contributed by atoms with Crippen molar-refractivity contribution in [3.05, 3.63) is 33.8 Å². The van der Waals surface area contributed by atoms with Crippen molar-refractivity contribution in [1.29, 1.82) is 0 Å². The summed E-state index contributed by atoms with van der Waals surface area (Å²) < 4.78 is 0. The lowest BCUT2D eigenvalue weighted by molar-refractivity contribution is -0.114. The largest absolute Gasteiger partial charge is 0.347 e. The molecule has 0 heterocycles.